The van der Waals surface area contributed by atoms with Gasteiger partial charge >= 0.3 is 0 Å². The molecule has 1 aromatic rings. The number of amides is 1. The maximum atomic E-state index is 13.3. The van der Waals surface area contributed by atoms with Gasteiger partial charge < -0.3 is 4.90 Å². The molecule has 0 bridgehead atoms. The minimum absolute atomic E-state index is 0.00607. The SMILES string of the molecule is CC=C(C)C1C(C)C(=O)N1c1ccc(F)c(C)c1. The second-order valence-electron chi connectivity index (χ2n) is 4.91. The molecule has 0 radical (unpaired) electrons. The van der Waals surface area contributed by atoms with Crippen LogP contribution < -0.4 is 4.90 Å². The number of nitrogens with zero attached hydrogens (tertiary/aromatic N) is 1. The normalized spacial score (nSPS) is 24.2. The van der Waals surface area contributed by atoms with E-state index in [0.717, 1.165) is 5.69 Å². The van der Waals surface area contributed by atoms with Crippen LogP contribution in [0.15, 0.2) is 29.8 Å². The molecule has 96 valence electrons. The molecule has 3 heteroatoms. The van der Waals surface area contributed by atoms with Crippen molar-refractivity contribution in [3.63, 3.8) is 0 Å². The number of anilines is 1. The third-order valence-corrected chi connectivity index (χ3v) is 3.72. The van der Waals surface area contributed by atoms with Crippen LogP contribution >= 0.6 is 0 Å². The molecule has 0 N–H and O–H groups in total. The Morgan fingerprint density at radius 3 is 2.67 bits per heavy atom. The zero-order chi connectivity index (χ0) is 13.4. The minimum atomic E-state index is -0.237. The summed E-state index contributed by atoms with van der Waals surface area (Å²) in [5.41, 5.74) is 2.52. The van der Waals surface area contributed by atoms with Gasteiger partial charge in [0.1, 0.15) is 5.82 Å². The average Bonchev–Trinajstić information content (AvgIpc) is 2.37. The molecule has 1 aromatic carbocycles. The topological polar surface area (TPSA) is 20.3 Å². The number of halogens is 1. The lowest BCUT2D eigenvalue weighted by Gasteiger charge is -2.46. The van der Waals surface area contributed by atoms with Crippen molar-refractivity contribution in [2.75, 3.05) is 4.90 Å². The van der Waals surface area contributed by atoms with Crippen LogP contribution in [-0.4, -0.2) is 11.9 Å². The minimum Gasteiger partial charge on any atom is -0.304 e. The van der Waals surface area contributed by atoms with Crippen LogP contribution in [0.25, 0.3) is 0 Å². The monoisotopic (exact) mass is 247 g/mol. The molecule has 1 saturated heterocycles. The number of carbonyl (C=O) groups is 1. The highest BCUT2D eigenvalue weighted by molar-refractivity contribution is 6.03. The first kappa shape index (κ1) is 12.8. The summed E-state index contributed by atoms with van der Waals surface area (Å²) in [6.07, 6.45) is 2.02. The zero-order valence-electron chi connectivity index (χ0n) is 11.2. The van der Waals surface area contributed by atoms with E-state index in [0.29, 0.717) is 5.56 Å². The van der Waals surface area contributed by atoms with E-state index in [-0.39, 0.29) is 23.7 Å². The second kappa shape index (κ2) is 4.56. The summed E-state index contributed by atoms with van der Waals surface area (Å²) in [5.74, 6) is -0.127. The molecule has 1 fully saturated rings. The van der Waals surface area contributed by atoms with E-state index in [4.69, 9.17) is 0 Å². The van der Waals surface area contributed by atoms with Gasteiger partial charge in [0.2, 0.25) is 5.91 Å². The van der Waals surface area contributed by atoms with E-state index in [2.05, 4.69) is 0 Å². The van der Waals surface area contributed by atoms with Crippen LogP contribution in [0.5, 0.6) is 0 Å². The number of hydrogen-bond acceptors (Lipinski definition) is 1. The van der Waals surface area contributed by atoms with Crippen molar-refractivity contribution in [1.82, 2.24) is 0 Å². The number of β-lactam (4-membered cyclic amide) rings is 1. The second-order valence-corrected chi connectivity index (χ2v) is 4.91. The summed E-state index contributed by atoms with van der Waals surface area (Å²) in [7, 11) is 0. The number of benzene rings is 1. The van der Waals surface area contributed by atoms with Crippen LogP contribution in [-0.2, 0) is 4.79 Å². The summed E-state index contributed by atoms with van der Waals surface area (Å²) < 4.78 is 13.3. The van der Waals surface area contributed by atoms with E-state index < -0.39 is 0 Å². The van der Waals surface area contributed by atoms with Crippen LogP contribution in [0.3, 0.4) is 0 Å². The highest BCUT2D eigenvalue weighted by Gasteiger charge is 2.45. The van der Waals surface area contributed by atoms with Crippen LogP contribution in [0.2, 0.25) is 0 Å². The molecular weight excluding hydrogens is 229 g/mol. The quantitative estimate of drug-likeness (QED) is 0.579. The predicted octanol–water partition coefficient (Wildman–Crippen LogP) is 3.45. The predicted molar refractivity (Wildman–Crippen MR) is 71.0 cm³/mol. The van der Waals surface area contributed by atoms with Gasteiger partial charge in [0.15, 0.2) is 0 Å². The Labute approximate surface area is 107 Å². The summed E-state index contributed by atoms with van der Waals surface area (Å²) in [4.78, 5) is 13.8. The Hall–Kier alpha value is -1.64. The fourth-order valence-electron chi connectivity index (χ4n) is 2.47. The third-order valence-electron chi connectivity index (χ3n) is 3.72. The highest BCUT2D eigenvalue weighted by Crippen LogP contribution is 2.36. The lowest BCUT2D eigenvalue weighted by atomic mass is 9.83. The summed E-state index contributed by atoms with van der Waals surface area (Å²) in [6, 6.07) is 4.92. The molecule has 18 heavy (non-hydrogen) atoms. The Bertz CT molecular complexity index is 521. The lowest BCUT2D eigenvalue weighted by Crippen LogP contribution is -2.60. The fourth-order valence-corrected chi connectivity index (χ4v) is 2.47. The van der Waals surface area contributed by atoms with Crippen molar-refractivity contribution < 1.29 is 9.18 Å². The van der Waals surface area contributed by atoms with Gasteiger partial charge in [-0.1, -0.05) is 18.6 Å². The van der Waals surface area contributed by atoms with Crippen molar-refractivity contribution in [2.45, 2.75) is 33.7 Å². The van der Waals surface area contributed by atoms with E-state index in [9.17, 15) is 9.18 Å². The molecule has 2 rings (SSSR count). The Balaban J connectivity index is 2.37. The van der Waals surface area contributed by atoms with Gasteiger partial charge in [-0.15, -0.1) is 0 Å². The number of allylic oxidation sites excluding steroid dienone is 1. The first-order valence-corrected chi connectivity index (χ1v) is 6.19. The molecular formula is C15H18FNO. The number of rotatable bonds is 2. The molecule has 1 amide bonds. The molecule has 0 aromatic heterocycles. The van der Waals surface area contributed by atoms with E-state index >= 15 is 0 Å². The molecule has 1 aliphatic heterocycles. The zero-order valence-corrected chi connectivity index (χ0v) is 11.2. The van der Waals surface area contributed by atoms with Gasteiger partial charge in [-0.05, 0) is 44.5 Å². The van der Waals surface area contributed by atoms with Gasteiger partial charge in [0.25, 0.3) is 0 Å². The maximum Gasteiger partial charge on any atom is 0.232 e. The van der Waals surface area contributed by atoms with Crippen LogP contribution in [0.4, 0.5) is 10.1 Å². The molecule has 2 unspecified atom stereocenters. The maximum absolute atomic E-state index is 13.3. The molecule has 0 spiro atoms. The molecule has 2 nitrogen and oxygen atoms in total. The average molecular weight is 247 g/mol. The van der Waals surface area contributed by atoms with E-state index in [1.54, 1.807) is 24.0 Å². The van der Waals surface area contributed by atoms with Crippen molar-refractivity contribution >= 4 is 11.6 Å². The molecule has 1 heterocycles. The van der Waals surface area contributed by atoms with Crippen molar-refractivity contribution in [2.24, 2.45) is 5.92 Å². The third kappa shape index (κ3) is 1.84. The Morgan fingerprint density at radius 2 is 2.11 bits per heavy atom. The number of carbonyl (C=O) groups excluding carboxylic acids is 1. The fraction of sp³-hybridized carbons (Fsp3) is 0.400. The summed E-state index contributed by atoms with van der Waals surface area (Å²) in [5, 5.41) is 0. The van der Waals surface area contributed by atoms with Gasteiger partial charge in [0, 0.05) is 5.69 Å². The summed E-state index contributed by atoms with van der Waals surface area (Å²) in [6.45, 7) is 7.65. The lowest BCUT2D eigenvalue weighted by molar-refractivity contribution is -0.128. The molecule has 0 saturated carbocycles. The van der Waals surface area contributed by atoms with Crippen molar-refractivity contribution in [3.05, 3.63) is 41.2 Å². The highest BCUT2D eigenvalue weighted by atomic mass is 19.1. The van der Waals surface area contributed by atoms with Crippen molar-refractivity contribution in [3.8, 4) is 0 Å². The largest absolute Gasteiger partial charge is 0.304 e. The van der Waals surface area contributed by atoms with Gasteiger partial charge in [0.05, 0.1) is 12.0 Å². The first-order chi connectivity index (χ1) is 8.47. The Kier molecular flexibility index (Phi) is 3.24. The van der Waals surface area contributed by atoms with Gasteiger partial charge in [-0.3, -0.25) is 4.79 Å². The van der Waals surface area contributed by atoms with Gasteiger partial charge in [-0.2, -0.15) is 0 Å². The van der Waals surface area contributed by atoms with Gasteiger partial charge in [-0.25, -0.2) is 4.39 Å². The van der Waals surface area contributed by atoms with E-state index in [1.807, 2.05) is 26.8 Å². The standard InChI is InChI=1S/C15H18FNO/c1-5-9(2)14-11(4)15(18)17(14)12-6-7-13(16)10(3)8-12/h5-8,11,14H,1-4H3. The number of hydrogen-bond donors (Lipinski definition) is 0. The molecule has 2 atom stereocenters. The first-order valence-electron chi connectivity index (χ1n) is 6.19. The molecule has 0 aliphatic carbocycles. The van der Waals surface area contributed by atoms with Crippen LogP contribution in [0, 0.1) is 18.7 Å². The smallest absolute Gasteiger partial charge is 0.232 e. The van der Waals surface area contributed by atoms with E-state index in [1.165, 1.54) is 11.6 Å². The van der Waals surface area contributed by atoms with Crippen LogP contribution in [0.1, 0.15) is 26.3 Å². The number of aryl methyl sites for hydroxylation is 1. The summed E-state index contributed by atoms with van der Waals surface area (Å²) >= 11 is 0. The Morgan fingerprint density at radius 1 is 1.44 bits per heavy atom. The molecule has 1 aliphatic rings. The van der Waals surface area contributed by atoms with Crippen molar-refractivity contribution in [1.29, 1.82) is 0 Å².